The fraction of sp³-hybridized carbons (Fsp3) is 0.667. The van der Waals surface area contributed by atoms with Gasteiger partial charge in [-0.2, -0.15) is 0 Å². The van der Waals surface area contributed by atoms with E-state index in [-0.39, 0.29) is 18.5 Å². The Morgan fingerprint density at radius 1 is 1.41 bits per heavy atom. The van der Waals surface area contributed by atoms with E-state index < -0.39 is 12.0 Å². The molecule has 0 bridgehead atoms. The standard InChI is InChI=1S/C12H22N2O3/c1-5-8-10(11(15)16)13-12(17)14(4)9(6-2)7-3/h5,9-10H,1,6-8H2,2-4H3,(H,13,17)(H,15,16). The van der Waals surface area contributed by atoms with Crippen LogP contribution in [0.5, 0.6) is 0 Å². The van der Waals surface area contributed by atoms with E-state index in [0.29, 0.717) is 0 Å². The molecule has 0 rings (SSSR count). The third-order valence-corrected chi connectivity index (χ3v) is 2.81. The maximum Gasteiger partial charge on any atom is 0.326 e. The number of carbonyl (C=O) groups is 2. The van der Waals surface area contributed by atoms with Crippen LogP contribution in [0.25, 0.3) is 0 Å². The first-order chi connectivity index (χ1) is 7.97. The number of carboxylic acids is 1. The average molecular weight is 242 g/mol. The van der Waals surface area contributed by atoms with Crippen LogP contribution in [0.1, 0.15) is 33.1 Å². The van der Waals surface area contributed by atoms with Gasteiger partial charge in [-0.15, -0.1) is 6.58 Å². The van der Waals surface area contributed by atoms with Gasteiger partial charge in [-0.3, -0.25) is 0 Å². The van der Waals surface area contributed by atoms with Crippen LogP contribution in [0.2, 0.25) is 0 Å². The molecule has 0 radical (unpaired) electrons. The molecule has 2 N–H and O–H groups in total. The number of hydrogen-bond donors (Lipinski definition) is 2. The quantitative estimate of drug-likeness (QED) is 0.669. The number of aliphatic carboxylic acids is 1. The second kappa shape index (κ2) is 7.70. The van der Waals surface area contributed by atoms with Crippen LogP contribution in [-0.4, -0.2) is 41.1 Å². The normalized spacial score (nSPS) is 12.0. The van der Waals surface area contributed by atoms with Gasteiger partial charge in [0.2, 0.25) is 0 Å². The van der Waals surface area contributed by atoms with E-state index in [9.17, 15) is 9.59 Å². The van der Waals surface area contributed by atoms with Gasteiger partial charge in [0.25, 0.3) is 0 Å². The Balaban J connectivity index is 4.48. The third-order valence-electron chi connectivity index (χ3n) is 2.81. The van der Waals surface area contributed by atoms with E-state index in [1.807, 2.05) is 13.8 Å². The topological polar surface area (TPSA) is 69.6 Å². The van der Waals surface area contributed by atoms with E-state index in [2.05, 4.69) is 11.9 Å². The molecular weight excluding hydrogens is 220 g/mol. The largest absolute Gasteiger partial charge is 0.480 e. The van der Waals surface area contributed by atoms with Crippen molar-refractivity contribution in [3.63, 3.8) is 0 Å². The van der Waals surface area contributed by atoms with Gasteiger partial charge in [0.15, 0.2) is 0 Å². The molecule has 0 heterocycles. The van der Waals surface area contributed by atoms with Crippen molar-refractivity contribution in [2.75, 3.05) is 7.05 Å². The minimum atomic E-state index is -1.05. The van der Waals surface area contributed by atoms with Crippen molar-refractivity contribution >= 4 is 12.0 Å². The molecule has 0 fully saturated rings. The Morgan fingerprint density at radius 2 is 1.94 bits per heavy atom. The number of amides is 2. The fourth-order valence-electron chi connectivity index (χ4n) is 1.64. The van der Waals surface area contributed by atoms with Crippen molar-refractivity contribution < 1.29 is 14.7 Å². The molecule has 2 amide bonds. The number of carboxylic acid groups (broad SMARTS) is 1. The molecule has 0 aromatic carbocycles. The van der Waals surface area contributed by atoms with E-state index in [4.69, 9.17) is 5.11 Å². The highest BCUT2D eigenvalue weighted by atomic mass is 16.4. The van der Waals surface area contributed by atoms with Gasteiger partial charge in [-0.1, -0.05) is 19.9 Å². The molecule has 17 heavy (non-hydrogen) atoms. The molecule has 0 aromatic rings. The van der Waals surface area contributed by atoms with Gasteiger partial charge < -0.3 is 15.3 Å². The molecule has 1 atom stereocenters. The van der Waals surface area contributed by atoms with E-state index in [1.165, 1.54) is 6.08 Å². The zero-order valence-electron chi connectivity index (χ0n) is 10.8. The Labute approximate surface area is 102 Å². The molecule has 0 aromatic heterocycles. The predicted octanol–water partition coefficient (Wildman–Crippen LogP) is 1.85. The Morgan fingerprint density at radius 3 is 2.29 bits per heavy atom. The molecule has 5 heteroatoms. The van der Waals surface area contributed by atoms with Crippen LogP contribution in [-0.2, 0) is 4.79 Å². The lowest BCUT2D eigenvalue weighted by molar-refractivity contribution is -0.139. The highest BCUT2D eigenvalue weighted by molar-refractivity contribution is 5.82. The number of urea groups is 1. The van der Waals surface area contributed by atoms with Gasteiger partial charge in [0.05, 0.1) is 0 Å². The molecule has 0 saturated carbocycles. The first-order valence-electron chi connectivity index (χ1n) is 5.84. The van der Waals surface area contributed by atoms with Crippen molar-refractivity contribution in [3.8, 4) is 0 Å². The fourth-order valence-corrected chi connectivity index (χ4v) is 1.64. The van der Waals surface area contributed by atoms with Gasteiger partial charge in [0.1, 0.15) is 6.04 Å². The first-order valence-corrected chi connectivity index (χ1v) is 5.84. The van der Waals surface area contributed by atoms with E-state index >= 15 is 0 Å². The molecule has 0 aliphatic rings. The molecule has 0 aliphatic carbocycles. The minimum absolute atomic E-state index is 0.133. The van der Waals surface area contributed by atoms with Crippen molar-refractivity contribution in [3.05, 3.63) is 12.7 Å². The highest BCUT2D eigenvalue weighted by Crippen LogP contribution is 2.06. The first kappa shape index (κ1) is 15.5. The Kier molecular flexibility index (Phi) is 7.02. The van der Waals surface area contributed by atoms with Crippen LogP contribution >= 0.6 is 0 Å². The van der Waals surface area contributed by atoms with Gasteiger partial charge in [-0.25, -0.2) is 9.59 Å². The summed E-state index contributed by atoms with van der Waals surface area (Å²) in [6, 6.07) is -1.13. The Bertz CT molecular complexity index is 275. The summed E-state index contributed by atoms with van der Waals surface area (Å²) in [5.41, 5.74) is 0. The number of nitrogens with zero attached hydrogens (tertiary/aromatic N) is 1. The van der Waals surface area contributed by atoms with Crippen molar-refractivity contribution in [2.45, 2.75) is 45.2 Å². The predicted molar refractivity (Wildman–Crippen MR) is 66.9 cm³/mol. The lowest BCUT2D eigenvalue weighted by Gasteiger charge is -2.27. The summed E-state index contributed by atoms with van der Waals surface area (Å²) >= 11 is 0. The van der Waals surface area contributed by atoms with Crippen LogP contribution in [0.4, 0.5) is 4.79 Å². The SMILES string of the molecule is C=CCC(NC(=O)N(C)C(CC)CC)C(=O)O. The molecule has 0 aliphatic heterocycles. The van der Waals surface area contributed by atoms with Crippen molar-refractivity contribution in [1.82, 2.24) is 10.2 Å². The van der Waals surface area contributed by atoms with Crippen molar-refractivity contribution in [2.24, 2.45) is 0 Å². The summed E-state index contributed by atoms with van der Waals surface area (Å²) in [4.78, 5) is 24.2. The van der Waals surface area contributed by atoms with Gasteiger partial charge in [-0.05, 0) is 19.3 Å². The molecule has 5 nitrogen and oxygen atoms in total. The second-order valence-electron chi connectivity index (χ2n) is 3.95. The summed E-state index contributed by atoms with van der Waals surface area (Å²) < 4.78 is 0. The molecule has 0 saturated heterocycles. The summed E-state index contributed by atoms with van der Waals surface area (Å²) in [6.07, 6.45) is 3.40. The monoisotopic (exact) mass is 242 g/mol. The molecular formula is C12H22N2O3. The number of nitrogens with one attached hydrogen (secondary N) is 1. The third kappa shape index (κ3) is 4.89. The zero-order valence-corrected chi connectivity index (χ0v) is 10.8. The average Bonchev–Trinajstić information content (AvgIpc) is 2.29. The van der Waals surface area contributed by atoms with Gasteiger partial charge in [0, 0.05) is 13.1 Å². The zero-order chi connectivity index (χ0) is 13.4. The van der Waals surface area contributed by atoms with Crippen LogP contribution < -0.4 is 5.32 Å². The lowest BCUT2D eigenvalue weighted by atomic mass is 10.1. The second-order valence-corrected chi connectivity index (χ2v) is 3.95. The van der Waals surface area contributed by atoms with Crippen molar-refractivity contribution in [1.29, 1.82) is 0 Å². The highest BCUT2D eigenvalue weighted by Gasteiger charge is 2.22. The summed E-state index contributed by atoms with van der Waals surface area (Å²) in [7, 11) is 1.68. The van der Waals surface area contributed by atoms with E-state index in [1.54, 1.807) is 11.9 Å². The molecule has 98 valence electrons. The lowest BCUT2D eigenvalue weighted by Crippen LogP contribution is -2.49. The minimum Gasteiger partial charge on any atom is -0.480 e. The van der Waals surface area contributed by atoms with E-state index in [0.717, 1.165) is 12.8 Å². The summed E-state index contributed by atoms with van der Waals surface area (Å²) in [6.45, 7) is 7.47. The number of hydrogen-bond acceptors (Lipinski definition) is 2. The molecule has 1 unspecified atom stereocenters. The number of carbonyl (C=O) groups excluding carboxylic acids is 1. The summed E-state index contributed by atoms with van der Waals surface area (Å²) in [5.74, 6) is -1.05. The maximum atomic E-state index is 11.8. The van der Waals surface area contributed by atoms with Crippen LogP contribution in [0, 0.1) is 0 Å². The summed E-state index contributed by atoms with van der Waals surface area (Å²) in [5, 5.41) is 11.4. The molecule has 0 spiro atoms. The Hall–Kier alpha value is -1.52. The number of rotatable bonds is 7. The van der Waals surface area contributed by atoms with Crippen LogP contribution in [0.15, 0.2) is 12.7 Å². The maximum absolute atomic E-state index is 11.8. The van der Waals surface area contributed by atoms with Gasteiger partial charge >= 0.3 is 12.0 Å². The smallest absolute Gasteiger partial charge is 0.326 e. The van der Waals surface area contributed by atoms with Crippen LogP contribution in [0.3, 0.4) is 0 Å².